The number of imidazole rings is 1. The predicted molar refractivity (Wildman–Crippen MR) is 59.6 cm³/mol. The summed E-state index contributed by atoms with van der Waals surface area (Å²) in [6.45, 7) is 1.87. The standard InChI is InChI=1S/C10H10N2O2S/c1-6-3-2-4-12-7(5-15)11-8(9(6)12)10(13)14/h2-4,15H,5H2,1H3,(H,13,14). The lowest BCUT2D eigenvalue weighted by Crippen LogP contribution is -1.98. The van der Waals surface area contributed by atoms with Gasteiger partial charge in [0.15, 0.2) is 5.69 Å². The number of aromatic nitrogens is 2. The number of aromatic carboxylic acids is 1. The summed E-state index contributed by atoms with van der Waals surface area (Å²) in [6, 6.07) is 3.73. The van der Waals surface area contributed by atoms with Crippen molar-refractivity contribution in [2.24, 2.45) is 0 Å². The number of hydrogen-bond acceptors (Lipinski definition) is 3. The second-order valence-corrected chi connectivity index (χ2v) is 3.57. The molecule has 15 heavy (non-hydrogen) atoms. The Morgan fingerprint density at radius 1 is 1.67 bits per heavy atom. The molecule has 0 fully saturated rings. The van der Waals surface area contributed by atoms with Crippen LogP contribution in [0.2, 0.25) is 0 Å². The number of rotatable bonds is 2. The van der Waals surface area contributed by atoms with Gasteiger partial charge in [-0.05, 0) is 18.6 Å². The summed E-state index contributed by atoms with van der Waals surface area (Å²) < 4.78 is 1.77. The van der Waals surface area contributed by atoms with Crippen LogP contribution in [0.15, 0.2) is 18.3 Å². The van der Waals surface area contributed by atoms with Crippen molar-refractivity contribution in [1.82, 2.24) is 9.38 Å². The van der Waals surface area contributed by atoms with Crippen LogP contribution in [0.4, 0.5) is 0 Å². The number of aryl methyl sites for hydroxylation is 1. The van der Waals surface area contributed by atoms with Crippen molar-refractivity contribution in [3.05, 3.63) is 35.4 Å². The number of hydrogen-bond donors (Lipinski definition) is 2. The van der Waals surface area contributed by atoms with Crippen molar-refractivity contribution < 1.29 is 9.90 Å². The Morgan fingerprint density at radius 3 is 3.00 bits per heavy atom. The van der Waals surface area contributed by atoms with E-state index in [1.54, 1.807) is 10.6 Å². The van der Waals surface area contributed by atoms with Gasteiger partial charge in [-0.15, -0.1) is 0 Å². The highest BCUT2D eigenvalue weighted by atomic mass is 32.1. The van der Waals surface area contributed by atoms with E-state index in [4.69, 9.17) is 5.11 Å². The van der Waals surface area contributed by atoms with Gasteiger partial charge in [0.25, 0.3) is 0 Å². The number of nitrogens with zero attached hydrogens (tertiary/aromatic N) is 2. The highest BCUT2D eigenvalue weighted by Crippen LogP contribution is 2.18. The predicted octanol–water partition coefficient (Wildman–Crippen LogP) is 1.77. The molecule has 0 unspecified atom stereocenters. The average molecular weight is 222 g/mol. The van der Waals surface area contributed by atoms with E-state index in [0.29, 0.717) is 17.1 Å². The van der Waals surface area contributed by atoms with Crippen LogP contribution in [-0.2, 0) is 5.75 Å². The first-order valence-corrected chi connectivity index (χ1v) is 5.09. The lowest BCUT2D eigenvalue weighted by atomic mass is 10.2. The number of thiol groups is 1. The molecule has 0 amide bonds. The van der Waals surface area contributed by atoms with Crippen LogP contribution in [0.5, 0.6) is 0 Å². The van der Waals surface area contributed by atoms with Crippen LogP contribution in [0.3, 0.4) is 0 Å². The normalized spacial score (nSPS) is 10.8. The second kappa shape index (κ2) is 3.58. The highest BCUT2D eigenvalue weighted by molar-refractivity contribution is 7.79. The van der Waals surface area contributed by atoms with E-state index < -0.39 is 5.97 Å². The zero-order chi connectivity index (χ0) is 11.0. The van der Waals surface area contributed by atoms with Crippen LogP contribution >= 0.6 is 12.6 Å². The van der Waals surface area contributed by atoms with Crippen molar-refractivity contribution >= 4 is 24.1 Å². The molecule has 1 N–H and O–H groups in total. The Kier molecular flexibility index (Phi) is 2.40. The number of carbonyl (C=O) groups is 1. The Bertz CT molecular complexity index is 533. The lowest BCUT2D eigenvalue weighted by Gasteiger charge is -2.00. The monoisotopic (exact) mass is 222 g/mol. The SMILES string of the molecule is Cc1cccn2c(CS)nc(C(=O)O)c12. The van der Waals surface area contributed by atoms with Gasteiger partial charge in [-0.3, -0.25) is 0 Å². The molecule has 0 atom stereocenters. The largest absolute Gasteiger partial charge is 0.476 e. The van der Waals surface area contributed by atoms with Gasteiger partial charge in [0.05, 0.1) is 5.52 Å². The van der Waals surface area contributed by atoms with Gasteiger partial charge in [0.1, 0.15) is 5.82 Å². The van der Waals surface area contributed by atoms with Gasteiger partial charge in [0, 0.05) is 11.9 Å². The van der Waals surface area contributed by atoms with Crippen molar-refractivity contribution in [3.8, 4) is 0 Å². The molecule has 0 radical (unpaired) electrons. The van der Waals surface area contributed by atoms with E-state index in [9.17, 15) is 4.79 Å². The molecule has 0 saturated carbocycles. The van der Waals surface area contributed by atoms with Gasteiger partial charge in [-0.1, -0.05) is 6.07 Å². The molecular weight excluding hydrogens is 212 g/mol. The molecule has 0 aliphatic carbocycles. The minimum Gasteiger partial charge on any atom is -0.476 e. The van der Waals surface area contributed by atoms with Crippen molar-refractivity contribution in [2.45, 2.75) is 12.7 Å². The van der Waals surface area contributed by atoms with Crippen LogP contribution in [-0.4, -0.2) is 20.5 Å². The highest BCUT2D eigenvalue weighted by Gasteiger charge is 2.16. The van der Waals surface area contributed by atoms with E-state index in [1.807, 2.05) is 19.1 Å². The zero-order valence-electron chi connectivity index (χ0n) is 8.14. The Balaban J connectivity index is 2.88. The molecule has 0 aromatic carbocycles. The summed E-state index contributed by atoms with van der Waals surface area (Å²) in [5.41, 5.74) is 1.64. The molecule has 0 aliphatic heterocycles. The fourth-order valence-corrected chi connectivity index (χ4v) is 1.85. The maximum Gasteiger partial charge on any atom is 0.356 e. The molecule has 0 aliphatic rings. The molecule has 0 spiro atoms. The summed E-state index contributed by atoms with van der Waals surface area (Å²) in [5, 5.41) is 9.02. The first-order chi connectivity index (χ1) is 7.15. The van der Waals surface area contributed by atoms with Crippen molar-refractivity contribution in [1.29, 1.82) is 0 Å². The van der Waals surface area contributed by atoms with E-state index >= 15 is 0 Å². The summed E-state index contributed by atoms with van der Waals surface area (Å²) in [7, 11) is 0. The number of carboxylic acid groups (broad SMARTS) is 1. The molecule has 78 valence electrons. The second-order valence-electron chi connectivity index (χ2n) is 3.25. The third-order valence-corrected chi connectivity index (χ3v) is 2.57. The quantitative estimate of drug-likeness (QED) is 0.761. The minimum absolute atomic E-state index is 0.0946. The summed E-state index contributed by atoms with van der Waals surface area (Å²) in [4.78, 5) is 15.1. The maximum absolute atomic E-state index is 11.0. The molecule has 2 aromatic rings. The zero-order valence-corrected chi connectivity index (χ0v) is 9.03. The van der Waals surface area contributed by atoms with Crippen LogP contribution < -0.4 is 0 Å². The number of carboxylic acids is 1. The topological polar surface area (TPSA) is 54.6 Å². The van der Waals surface area contributed by atoms with Crippen LogP contribution in [0.1, 0.15) is 21.9 Å². The van der Waals surface area contributed by atoms with Crippen molar-refractivity contribution in [2.75, 3.05) is 0 Å². The Hall–Kier alpha value is -1.49. The molecule has 0 bridgehead atoms. The first-order valence-electron chi connectivity index (χ1n) is 4.46. The maximum atomic E-state index is 11.0. The van der Waals surface area contributed by atoms with Crippen molar-refractivity contribution in [3.63, 3.8) is 0 Å². The fraction of sp³-hybridized carbons (Fsp3) is 0.200. The van der Waals surface area contributed by atoms with Gasteiger partial charge < -0.3 is 9.51 Å². The molecule has 0 saturated heterocycles. The molecule has 2 heterocycles. The third kappa shape index (κ3) is 1.48. The lowest BCUT2D eigenvalue weighted by molar-refractivity contribution is 0.0693. The van der Waals surface area contributed by atoms with Gasteiger partial charge >= 0.3 is 5.97 Å². The number of fused-ring (bicyclic) bond motifs is 1. The summed E-state index contributed by atoms with van der Waals surface area (Å²) in [5.74, 6) is 0.0574. The van der Waals surface area contributed by atoms with Gasteiger partial charge in [0.2, 0.25) is 0 Å². The van der Waals surface area contributed by atoms with E-state index in [0.717, 1.165) is 5.56 Å². The Morgan fingerprint density at radius 2 is 2.40 bits per heavy atom. The smallest absolute Gasteiger partial charge is 0.356 e. The third-order valence-electron chi connectivity index (χ3n) is 2.28. The number of pyridine rings is 1. The molecular formula is C10H10N2O2S. The first kappa shape index (κ1) is 10.0. The van der Waals surface area contributed by atoms with E-state index in [-0.39, 0.29) is 5.69 Å². The average Bonchev–Trinajstić information content (AvgIpc) is 2.58. The molecule has 5 heteroatoms. The van der Waals surface area contributed by atoms with E-state index in [2.05, 4.69) is 17.6 Å². The summed E-state index contributed by atoms with van der Waals surface area (Å²) >= 11 is 4.13. The van der Waals surface area contributed by atoms with E-state index in [1.165, 1.54) is 0 Å². The van der Waals surface area contributed by atoms with Crippen LogP contribution in [0.25, 0.3) is 5.52 Å². The van der Waals surface area contributed by atoms with Gasteiger partial charge in [-0.25, -0.2) is 9.78 Å². The Labute approximate surface area is 92.0 Å². The molecule has 2 aromatic heterocycles. The molecule has 4 nitrogen and oxygen atoms in total. The molecule has 2 rings (SSSR count). The summed E-state index contributed by atoms with van der Waals surface area (Å²) in [6.07, 6.45) is 1.80. The minimum atomic E-state index is -1.00. The van der Waals surface area contributed by atoms with Gasteiger partial charge in [-0.2, -0.15) is 12.6 Å². The fourth-order valence-electron chi connectivity index (χ4n) is 1.63. The van der Waals surface area contributed by atoms with Crippen LogP contribution in [0, 0.1) is 6.92 Å².